The molecule has 0 saturated carbocycles. The number of fused-ring (bicyclic) bond motifs is 2. The van der Waals surface area contributed by atoms with Crippen LogP contribution in [0.3, 0.4) is 0 Å². The zero-order valence-corrected chi connectivity index (χ0v) is 8.29. The summed E-state index contributed by atoms with van der Waals surface area (Å²) in [5.74, 6) is -2.10. The third kappa shape index (κ3) is 1.56. The van der Waals surface area contributed by atoms with Crippen LogP contribution in [0, 0.1) is 0 Å². The topological polar surface area (TPSA) is 139 Å². The zero-order chi connectivity index (χ0) is 11.4. The first kappa shape index (κ1) is 11.2. The van der Waals surface area contributed by atoms with Crippen molar-refractivity contribution in [2.45, 2.75) is 29.5 Å². The molecule has 2 rings (SSSR count). The fourth-order valence-corrected chi connectivity index (χ4v) is 2.91. The second-order valence-electron chi connectivity index (χ2n) is 3.61. The summed E-state index contributed by atoms with van der Waals surface area (Å²) in [5.41, 5.74) is 5.43. The van der Waals surface area contributed by atoms with E-state index in [0.717, 1.165) is 0 Å². The van der Waals surface area contributed by atoms with Crippen LogP contribution in [-0.2, 0) is 19.6 Å². The van der Waals surface area contributed by atoms with Crippen LogP contribution in [0.2, 0.25) is 0 Å². The van der Waals surface area contributed by atoms with E-state index in [2.05, 4.69) is 0 Å². The summed E-state index contributed by atoms with van der Waals surface area (Å²) < 4.78 is 40.6. The minimum absolute atomic E-state index is 0.138. The van der Waals surface area contributed by atoms with Gasteiger partial charge in [0.15, 0.2) is 5.25 Å². The van der Waals surface area contributed by atoms with E-state index in [1.54, 1.807) is 0 Å². The summed E-state index contributed by atoms with van der Waals surface area (Å²) in [6.07, 6.45) is -4.09. The molecule has 5 N–H and O–H groups in total. The van der Waals surface area contributed by atoms with Gasteiger partial charge in [0.05, 0.1) is 6.61 Å². The minimum atomic E-state index is -4.69. The zero-order valence-electron chi connectivity index (χ0n) is 7.48. The Labute approximate surface area is 85.3 Å². The average Bonchev–Trinajstić information content (AvgIpc) is 2.40. The van der Waals surface area contributed by atoms with E-state index >= 15 is 0 Å². The lowest BCUT2D eigenvalue weighted by Crippen LogP contribution is -2.67. The summed E-state index contributed by atoms with van der Waals surface area (Å²) >= 11 is 0. The number of hydrogen-bond acceptors (Lipinski definition) is 7. The number of rotatable bonds is 1. The van der Waals surface area contributed by atoms with Crippen molar-refractivity contribution in [1.29, 1.82) is 0 Å². The van der Waals surface area contributed by atoms with Crippen LogP contribution >= 0.6 is 0 Å². The maximum atomic E-state index is 11.0. The van der Waals surface area contributed by atoms with Gasteiger partial charge in [0.2, 0.25) is 5.91 Å². The fourth-order valence-electron chi connectivity index (χ4n) is 1.86. The molecule has 0 aromatic heterocycles. The largest absolute Gasteiger partial charge is 0.389 e. The number of nitrogens with two attached hydrogens (primary N) is 1. The number of aliphatic hydroxyl groups is 2. The van der Waals surface area contributed by atoms with Crippen LogP contribution in [0.25, 0.3) is 0 Å². The average molecular weight is 241 g/mol. The van der Waals surface area contributed by atoms with Gasteiger partial charge in [0.1, 0.15) is 18.3 Å². The summed E-state index contributed by atoms with van der Waals surface area (Å²) in [6, 6.07) is 0. The van der Waals surface area contributed by atoms with Crippen molar-refractivity contribution in [2.75, 3.05) is 6.61 Å². The molecule has 88 valence electrons. The van der Waals surface area contributed by atoms with Gasteiger partial charge in [-0.15, -0.1) is 0 Å². The van der Waals surface area contributed by atoms with Crippen LogP contribution < -0.4 is 5.73 Å². The molecule has 0 radical (unpaired) electrons. The first-order valence-electron chi connectivity index (χ1n) is 4.19. The van der Waals surface area contributed by atoms with Gasteiger partial charge >= 0.3 is 0 Å². The van der Waals surface area contributed by atoms with Crippen molar-refractivity contribution in [3.8, 4) is 0 Å². The van der Waals surface area contributed by atoms with Gasteiger partial charge < -0.3 is 19.7 Å². The Balaban J connectivity index is 2.43. The molecular formula is C6H11NO7S. The maximum absolute atomic E-state index is 11.0. The van der Waals surface area contributed by atoms with Crippen LogP contribution in [0.1, 0.15) is 0 Å². The third-order valence-corrected chi connectivity index (χ3v) is 3.82. The first-order valence-corrected chi connectivity index (χ1v) is 5.69. The van der Waals surface area contributed by atoms with Crippen LogP contribution in [0.4, 0.5) is 0 Å². The Kier molecular flexibility index (Phi) is 2.32. The molecule has 0 unspecified atom stereocenters. The van der Waals surface area contributed by atoms with Crippen molar-refractivity contribution < 1.29 is 32.7 Å². The molecule has 15 heavy (non-hydrogen) atoms. The summed E-state index contributed by atoms with van der Waals surface area (Å²) in [7, 11) is -4.69. The quantitative estimate of drug-likeness (QED) is 0.356. The Morgan fingerprint density at radius 1 is 1.33 bits per heavy atom. The number of aliphatic hydroxyl groups excluding tert-OH is 2. The molecule has 2 aliphatic rings. The van der Waals surface area contributed by atoms with E-state index in [9.17, 15) is 18.6 Å². The van der Waals surface area contributed by atoms with Crippen molar-refractivity contribution in [3.63, 3.8) is 0 Å². The summed E-state index contributed by atoms with van der Waals surface area (Å²) in [6.45, 7) is -0.138. The van der Waals surface area contributed by atoms with E-state index in [-0.39, 0.29) is 6.61 Å². The van der Waals surface area contributed by atoms with E-state index < -0.39 is 39.6 Å². The molecule has 0 aliphatic carbocycles. The molecule has 0 aromatic carbocycles. The Morgan fingerprint density at radius 3 is 2.47 bits per heavy atom. The van der Waals surface area contributed by atoms with Gasteiger partial charge in [0.25, 0.3) is 10.1 Å². The molecule has 2 aliphatic heterocycles. The van der Waals surface area contributed by atoms with Gasteiger partial charge in [-0.1, -0.05) is 0 Å². The molecular weight excluding hydrogens is 230 g/mol. The molecule has 2 fully saturated rings. The summed E-state index contributed by atoms with van der Waals surface area (Å²) in [4.78, 5) is 0. The number of hydrogen-bond donors (Lipinski definition) is 4. The van der Waals surface area contributed by atoms with Gasteiger partial charge in [-0.2, -0.15) is 8.42 Å². The Hall–Kier alpha value is -0.290. The molecule has 8 nitrogen and oxygen atoms in total. The monoisotopic (exact) mass is 241 g/mol. The highest BCUT2D eigenvalue weighted by molar-refractivity contribution is 7.86. The molecule has 2 bridgehead atoms. The summed E-state index contributed by atoms with van der Waals surface area (Å²) in [5, 5.41) is 17.0. The lowest BCUT2D eigenvalue weighted by molar-refractivity contribution is -0.230. The molecule has 0 amide bonds. The molecule has 2 heterocycles. The molecule has 2 saturated heterocycles. The van der Waals surface area contributed by atoms with Crippen molar-refractivity contribution in [2.24, 2.45) is 5.73 Å². The third-order valence-electron chi connectivity index (χ3n) is 2.57. The molecule has 0 spiro atoms. The van der Waals surface area contributed by atoms with Gasteiger partial charge in [-0.05, 0) is 0 Å². The molecule has 9 heteroatoms. The van der Waals surface area contributed by atoms with Crippen molar-refractivity contribution >= 4 is 10.1 Å². The lowest BCUT2D eigenvalue weighted by atomic mass is 10.0. The van der Waals surface area contributed by atoms with Crippen molar-refractivity contribution in [3.05, 3.63) is 0 Å². The van der Waals surface area contributed by atoms with Crippen LogP contribution in [0.5, 0.6) is 0 Å². The lowest BCUT2D eigenvalue weighted by Gasteiger charge is -2.39. The maximum Gasteiger partial charge on any atom is 0.277 e. The van der Waals surface area contributed by atoms with Gasteiger partial charge in [-0.25, -0.2) is 0 Å². The highest BCUT2D eigenvalue weighted by Crippen LogP contribution is 2.36. The first-order chi connectivity index (χ1) is 6.76. The van der Waals surface area contributed by atoms with Gasteiger partial charge in [0, 0.05) is 0 Å². The highest BCUT2D eigenvalue weighted by atomic mass is 32.2. The molecule has 5 atom stereocenters. The van der Waals surface area contributed by atoms with E-state index in [1.165, 1.54) is 0 Å². The second-order valence-corrected chi connectivity index (χ2v) is 5.14. The second kappa shape index (κ2) is 3.10. The predicted octanol–water partition coefficient (Wildman–Crippen LogP) is -2.99. The highest BCUT2D eigenvalue weighted by Gasteiger charge is 2.62. The van der Waals surface area contributed by atoms with E-state index in [4.69, 9.17) is 19.8 Å². The number of ether oxygens (including phenoxy) is 2. The fraction of sp³-hybridized carbons (Fsp3) is 1.00. The van der Waals surface area contributed by atoms with Crippen molar-refractivity contribution in [1.82, 2.24) is 0 Å². The predicted molar refractivity (Wildman–Crippen MR) is 45.1 cm³/mol. The smallest absolute Gasteiger partial charge is 0.277 e. The van der Waals surface area contributed by atoms with Gasteiger partial charge in [-0.3, -0.25) is 10.3 Å². The Morgan fingerprint density at radius 2 is 1.93 bits per heavy atom. The Bertz CT molecular complexity index is 370. The van der Waals surface area contributed by atoms with E-state index in [1.807, 2.05) is 0 Å². The minimum Gasteiger partial charge on any atom is -0.389 e. The SMILES string of the molecule is N[C@@]12OC[C@@H](O1)[C@@H](O)[C@H](O)[C@H]2S(=O)(=O)O. The normalized spacial score (nSPS) is 50.7. The van der Waals surface area contributed by atoms with E-state index in [0.29, 0.717) is 0 Å². The van der Waals surface area contributed by atoms with Crippen LogP contribution in [0.15, 0.2) is 0 Å². The molecule has 0 aromatic rings. The standard InChI is InChI=1S/C6H11NO7S/c7-6-5(15(10,11)12)4(9)3(8)2(14-6)1-13-6/h2-5,8-9H,1,7H2,(H,10,11,12)/t2-,3-,4+,5-,6+/m1/s1. The van der Waals surface area contributed by atoms with Crippen LogP contribution in [-0.4, -0.2) is 59.3 Å².